The number of rotatable bonds is 5. The van der Waals surface area contributed by atoms with Crippen LogP contribution in [0.2, 0.25) is 5.02 Å². The molecule has 2 rings (SSSR count). The van der Waals surface area contributed by atoms with Crippen molar-refractivity contribution in [3.8, 4) is 0 Å². The zero-order valence-corrected chi connectivity index (χ0v) is 12.0. The number of nitro benzene ring substituents is 1. The van der Waals surface area contributed by atoms with Crippen molar-refractivity contribution < 1.29 is 9.72 Å². The quantitative estimate of drug-likeness (QED) is 0.675. The summed E-state index contributed by atoms with van der Waals surface area (Å²) in [4.78, 5) is 22.0. The van der Waals surface area contributed by atoms with Gasteiger partial charge in [-0.15, -0.1) is 0 Å². The predicted octanol–water partition coefficient (Wildman–Crippen LogP) is 1.95. The highest BCUT2D eigenvalue weighted by Crippen LogP contribution is 2.22. The first-order valence-electron chi connectivity index (χ1n) is 6.18. The Morgan fingerprint density at radius 3 is 2.81 bits per heavy atom. The molecule has 0 bridgehead atoms. The molecule has 2 aromatic rings. The molecule has 0 aliphatic heterocycles. The summed E-state index contributed by atoms with van der Waals surface area (Å²) in [6.07, 6.45) is 2.32. The molecular weight excluding hydrogens is 296 g/mol. The molecule has 110 valence electrons. The molecule has 0 saturated carbocycles. The number of amides is 1. The van der Waals surface area contributed by atoms with Gasteiger partial charge in [0.2, 0.25) is 0 Å². The lowest BCUT2D eigenvalue weighted by Crippen LogP contribution is -2.26. The number of aryl methyl sites for hydroxylation is 1. The first kappa shape index (κ1) is 15.0. The Balaban J connectivity index is 1.97. The van der Waals surface area contributed by atoms with Crippen molar-refractivity contribution in [2.75, 3.05) is 6.54 Å². The minimum atomic E-state index is -0.560. The third-order valence-electron chi connectivity index (χ3n) is 3.00. The second-order valence-corrected chi connectivity index (χ2v) is 4.78. The van der Waals surface area contributed by atoms with Gasteiger partial charge in [0.05, 0.1) is 15.5 Å². The third-order valence-corrected chi connectivity index (χ3v) is 3.31. The van der Waals surface area contributed by atoms with Crippen molar-refractivity contribution in [2.45, 2.75) is 6.42 Å². The number of aromatic nitrogens is 2. The maximum absolute atomic E-state index is 12.0. The molecule has 7 nitrogen and oxygen atoms in total. The topological polar surface area (TPSA) is 90.1 Å². The van der Waals surface area contributed by atoms with Crippen LogP contribution in [-0.4, -0.2) is 27.2 Å². The highest BCUT2D eigenvalue weighted by atomic mass is 35.5. The largest absolute Gasteiger partial charge is 0.352 e. The third kappa shape index (κ3) is 3.57. The summed E-state index contributed by atoms with van der Waals surface area (Å²) in [5, 5.41) is 17.4. The summed E-state index contributed by atoms with van der Waals surface area (Å²) in [7, 11) is 1.82. The van der Waals surface area contributed by atoms with Crippen LogP contribution < -0.4 is 5.32 Å². The molecule has 0 aliphatic rings. The molecular formula is C13H13ClN4O3. The summed E-state index contributed by atoms with van der Waals surface area (Å²) >= 11 is 5.89. The van der Waals surface area contributed by atoms with E-state index >= 15 is 0 Å². The van der Waals surface area contributed by atoms with E-state index in [9.17, 15) is 14.9 Å². The molecule has 1 aromatic carbocycles. The lowest BCUT2D eigenvalue weighted by molar-refractivity contribution is -0.384. The molecule has 21 heavy (non-hydrogen) atoms. The Hall–Kier alpha value is -2.41. The molecule has 0 spiro atoms. The van der Waals surface area contributed by atoms with Crippen LogP contribution in [0, 0.1) is 10.1 Å². The second-order valence-electron chi connectivity index (χ2n) is 4.37. The summed E-state index contributed by atoms with van der Waals surface area (Å²) in [5.41, 5.74) is 1.06. The van der Waals surface area contributed by atoms with E-state index in [1.54, 1.807) is 10.9 Å². The number of nitro groups is 1. The van der Waals surface area contributed by atoms with Crippen LogP contribution in [0.25, 0.3) is 0 Å². The zero-order valence-electron chi connectivity index (χ0n) is 11.2. The van der Waals surface area contributed by atoms with Crippen LogP contribution in [0.5, 0.6) is 0 Å². The number of nitrogens with one attached hydrogen (secondary N) is 1. The highest BCUT2D eigenvalue weighted by Gasteiger charge is 2.14. The molecule has 1 heterocycles. The van der Waals surface area contributed by atoms with Gasteiger partial charge in [-0.05, 0) is 12.1 Å². The van der Waals surface area contributed by atoms with Crippen molar-refractivity contribution in [3.63, 3.8) is 0 Å². The number of halogens is 1. The molecule has 8 heteroatoms. The lowest BCUT2D eigenvalue weighted by atomic mass is 10.2. The first-order chi connectivity index (χ1) is 9.99. The predicted molar refractivity (Wildman–Crippen MR) is 77.4 cm³/mol. The molecule has 0 unspecified atom stereocenters. The van der Waals surface area contributed by atoms with Crippen molar-refractivity contribution in [1.29, 1.82) is 0 Å². The van der Waals surface area contributed by atoms with E-state index in [0.29, 0.717) is 13.0 Å². The SMILES string of the molecule is Cn1nccc1CCNC(=O)c1ccc([N+](=O)[O-])cc1Cl. The monoisotopic (exact) mass is 308 g/mol. The van der Waals surface area contributed by atoms with Crippen LogP contribution in [-0.2, 0) is 13.5 Å². The van der Waals surface area contributed by atoms with Gasteiger partial charge in [0.1, 0.15) is 0 Å². The fourth-order valence-corrected chi connectivity index (χ4v) is 2.11. The van der Waals surface area contributed by atoms with E-state index in [0.717, 1.165) is 11.8 Å². The van der Waals surface area contributed by atoms with E-state index in [2.05, 4.69) is 10.4 Å². The van der Waals surface area contributed by atoms with E-state index < -0.39 is 4.92 Å². The molecule has 1 aromatic heterocycles. The van der Waals surface area contributed by atoms with Crippen LogP contribution >= 0.6 is 11.6 Å². The van der Waals surface area contributed by atoms with Crippen LogP contribution in [0.1, 0.15) is 16.1 Å². The van der Waals surface area contributed by atoms with Crippen molar-refractivity contribution in [3.05, 3.63) is 56.9 Å². The number of hydrogen-bond donors (Lipinski definition) is 1. The molecule has 0 saturated heterocycles. The minimum absolute atomic E-state index is 0.0576. The lowest BCUT2D eigenvalue weighted by Gasteiger charge is -2.07. The molecule has 0 radical (unpaired) electrons. The number of non-ortho nitro benzene ring substituents is 1. The summed E-state index contributed by atoms with van der Waals surface area (Å²) in [5.74, 6) is -0.364. The maximum atomic E-state index is 12.0. The Morgan fingerprint density at radius 2 is 2.24 bits per heavy atom. The Kier molecular flexibility index (Phi) is 4.54. The van der Waals surface area contributed by atoms with Gasteiger partial charge in [0.15, 0.2) is 0 Å². The smallest absolute Gasteiger partial charge is 0.270 e. The van der Waals surface area contributed by atoms with Crippen LogP contribution in [0.4, 0.5) is 5.69 Å². The van der Waals surface area contributed by atoms with E-state index in [-0.39, 0.29) is 22.2 Å². The van der Waals surface area contributed by atoms with Gasteiger partial charge < -0.3 is 5.32 Å². The van der Waals surface area contributed by atoms with Gasteiger partial charge in [0.25, 0.3) is 11.6 Å². The van der Waals surface area contributed by atoms with E-state index in [1.165, 1.54) is 12.1 Å². The normalized spacial score (nSPS) is 10.4. The van der Waals surface area contributed by atoms with Gasteiger partial charge in [-0.3, -0.25) is 19.6 Å². The summed E-state index contributed by atoms with van der Waals surface area (Å²) in [6, 6.07) is 5.63. The molecule has 0 atom stereocenters. The second kappa shape index (κ2) is 6.36. The summed E-state index contributed by atoms with van der Waals surface area (Å²) in [6.45, 7) is 0.422. The Bertz CT molecular complexity index is 684. The highest BCUT2D eigenvalue weighted by molar-refractivity contribution is 6.34. The van der Waals surface area contributed by atoms with Gasteiger partial charge in [-0.1, -0.05) is 11.6 Å². The average Bonchev–Trinajstić information content (AvgIpc) is 2.84. The van der Waals surface area contributed by atoms with Gasteiger partial charge in [-0.25, -0.2) is 0 Å². The van der Waals surface area contributed by atoms with E-state index in [4.69, 9.17) is 11.6 Å². The maximum Gasteiger partial charge on any atom is 0.270 e. The number of carbonyl (C=O) groups excluding carboxylic acids is 1. The van der Waals surface area contributed by atoms with Crippen LogP contribution in [0.3, 0.4) is 0 Å². The number of hydrogen-bond acceptors (Lipinski definition) is 4. The van der Waals surface area contributed by atoms with Crippen molar-refractivity contribution in [1.82, 2.24) is 15.1 Å². The number of benzene rings is 1. The first-order valence-corrected chi connectivity index (χ1v) is 6.56. The van der Waals surface area contributed by atoms with Crippen molar-refractivity contribution >= 4 is 23.2 Å². The molecule has 1 amide bonds. The van der Waals surface area contributed by atoms with Crippen molar-refractivity contribution in [2.24, 2.45) is 7.05 Å². The molecule has 0 fully saturated rings. The van der Waals surface area contributed by atoms with Crippen LogP contribution in [0.15, 0.2) is 30.5 Å². The molecule has 1 N–H and O–H groups in total. The summed E-state index contributed by atoms with van der Waals surface area (Å²) < 4.78 is 1.73. The van der Waals surface area contributed by atoms with Gasteiger partial charge in [-0.2, -0.15) is 5.10 Å². The number of carbonyl (C=O) groups is 1. The zero-order chi connectivity index (χ0) is 15.4. The van der Waals surface area contributed by atoms with E-state index in [1.807, 2.05) is 13.1 Å². The van der Waals surface area contributed by atoms with Gasteiger partial charge in [0, 0.05) is 44.0 Å². The standard InChI is InChI=1S/C13H13ClN4O3/c1-17-9(5-7-16-17)4-6-15-13(19)11-3-2-10(18(20)21)8-12(11)14/h2-3,5,7-8H,4,6H2,1H3,(H,15,19). The Morgan fingerprint density at radius 1 is 1.48 bits per heavy atom. The minimum Gasteiger partial charge on any atom is -0.352 e. The van der Waals surface area contributed by atoms with Gasteiger partial charge >= 0.3 is 0 Å². The average molecular weight is 309 g/mol. The molecule has 0 aliphatic carbocycles. The fraction of sp³-hybridized carbons (Fsp3) is 0.231. The Labute approximate surface area is 125 Å². The fourth-order valence-electron chi connectivity index (χ4n) is 1.85. The number of nitrogens with zero attached hydrogens (tertiary/aromatic N) is 3.